The fraction of sp³-hybridized carbons (Fsp3) is 0.400. The summed E-state index contributed by atoms with van der Waals surface area (Å²) >= 11 is 0. The third-order valence-corrected chi connectivity index (χ3v) is 1.98. The summed E-state index contributed by atoms with van der Waals surface area (Å²) in [6, 6.07) is 8.96. The zero-order chi connectivity index (χ0) is 15.4. The highest BCUT2D eigenvalue weighted by atomic mass is 16.5. The summed E-state index contributed by atoms with van der Waals surface area (Å²) in [6.07, 6.45) is -0.103. The Hall–Kier alpha value is -2.17. The molecule has 0 spiro atoms. The summed E-state index contributed by atoms with van der Waals surface area (Å²) in [6.45, 7) is 5.62. The molecule has 0 fully saturated rings. The molecule has 0 radical (unpaired) electrons. The Morgan fingerprint density at radius 3 is 1.95 bits per heavy atom. The van der Waals surface area contributed by atoms with E-state index in [0.29, 0.717) is 18.8 Å². The van der Waals surface area contributed by atoms with Crippen LogP contribution in [0.25, 0.3) is 0 Å². The van der Waals surface area contributed by atoms with Crippen molar-refractivity contribution in [3.63, 3.8) is 0 Å². The molecule has 0 heterocycles. The first-order valence-corrected chi connectivity index (χ1v) is 6.38. The number of hydrogen-bond donors (Lipinski definition) is 0. The average molecular weight is 280 g/mol. The number of carbonyl (C=O) groups excluding carboxylic acids is 3. The van der Waals surface area contributed by atoms with Crippen molar-refractivity contribution in [3.8, 4) is 0 Å². The van der Waals surface area contributed by atoms with Gasteiger partial charge < -0.3 is 9.47 Å². The van der Waals surface area contributed by atoms with Gasteiger partial charge in [0.2, 0.25) is 0 Å². The van der Waals surface area contributed by atoms with E-state index in [2.05, 4.69) is 4.74 Å². The summed E-state index contributed by atoms with van der Waals surface area (Å²) < 4.78 is 9.28. The lowest BCUT2D eigenvalue weighted by Gasteiger charge is -1.99. The maximum Gasteiger partial charge on any atom is 0.338 e. The zero-order valence-corrected chi connectivity index (χ0v) is 12.0. The molecule has 110 valence electrons. The quantitative estimate of drug-likeness (QED) is 0.612. The second-order valence-electron chi connectivity index (χ2n) is 3.77. The van der Waals surface area contributed by atoms with Crippen LogP contribution < -0.4 is 0 Å². The number of benzene rings is 1. The molecular formula is C15H20O5. The monoisotopic (exact) mass is 280 g/mol. The SMILES string of the molecule is CCOC(=O)CC(C)=O.CCOC(=O)c1ccccc1. The topological polar surface area (TPSA) is 69.7 Å². The van der Waals surface area contributed by atoms with Gasteiger partial charge in [0.05, 0.1) is 18.8 Å². The molecule has 0 aromatic heterocycles. The van der Waals surface area contributed by atoms with Gasteiger partial charge in [0.25, 0.3) is 0 Å². The van der Waals surface area contributed by atoms with Gasteiger partial charge in [-0.25, -0.2) is 4.79 Å². The van der Waals surface area contributed by atoms with Crippen LogP contribution in [0.1, 0.15) is 37.6 Å². The maximum absolute atomic E-state index is 11.0. The number of esters is 2. The van der Waals surface area contributed by atoms with Crippen LogP contribution >= 0.6 is 0 Å². The zero-order valence-electron chi connectivity index (χ0n) is 12.0. The maximum atomic E-state index is 11.0. The van der Waals surface area contributed by atoms with Crippen molar-refractivity contribution >= 4 is 17.7 Å². The first-order valence-electron chi connectivity index (χ1n) is 6.38. The minimum Gasteiger partial charge on any atom is -0.466 e. The highest BCUT2D eigenvalue weighted by Gasteiger charge is 2.03. The van der Waals surface area contributed by atoms with Gasteiger partial charge in [-0.2, -0.15) is 0 Å². The normalized spacial score (nSPS) is 8.95. The molecule has 5 nitrogen and oxygen atoms in total. The van der Waals surface area contributed by atoms with Crippen LogP contribution in [0.15, 0.2) is 30.3 Å². The molecule has 0 bridgehead atoms. The van der Waals surface area contributed by atoms with Crippen molar-refractivity contribution in [1.29, 1.82) is 0 Å². The molecular weight excluding hydrogens is 260 g/mol. The van der Waals surface area contributed by atoms with Gasteiger partial charge in [-0.3, -0.25) is 9.59 Å². The van der Waals surface area contributed by atoms with Gasteiger partial charge in [-0.15, -0.1) is 0 Å². The molecule has 1 rings (SSSR count). The van der Waals surface area contributed by atoms with E-state index in [0.717, 1.165) is 0 Å². The fourth-order valence-electron chi connectivity index (χ4n) is 1.20. The van der Waals surface area contributed by atoms with Crippen molar-refractivity contribution in [2.75, 3.05) is 13.2 Å². The highest BCUT2D eigenvalue weighted by molar-refractivity contribution is 5.94. The van der Waals surface area contributed by atoms with Crippen LogP contribution in [0.2, 0.25) is 0 Å². The van der Waals surface area contributed by atoms with Crippen LogP contribution in [0.4, 0.5) is 0 Å². The molecule has 0 aliphatic heterocycles. The predicted octanol–water partition coefficient (Wildman–Crippen LogP) is 2.39. The summed E-state index contributed by atoms with van der Waals surface area (Å²) in [5.74, 6) is -0.855. The minimum atomic E-state index is -0.440. The average Bonchev–Trinajstić information content (AvgIpc) is 2.40. The number of ketones is 1. The first kappa shape index (κ1) is 17.8. The van der Waals surface area contributed by atoms with E-state index in [1.807, 2.05) is 18.2 Å². The third-order valence-electron chi connectivity index (χ3n) is 1.98. The second-order valence-corrected chi connectivity index (χ2v) is 3.77. The van der Waals surface area contributed by atoms with E-state index in [1.165, 1.54) is 6.92 Å². The molecule has 5 heteroatoms. The van der Waals surface area contributed by atoms with Gasteiger partial charge in [0.15, 0.2) is 0 Å². The molecule has 0 atom stereocenters. The number of rotatable bonds is 5. The Morgan fingerprint density at radius 2 is 1.50 bits per heavy atom. The van der Waals surface area contributed by atoms with Gasteiger partial charge in [-0.05, 0) is 32.9 Å². The Balaban J connectivity index is 0.000000370. The molecule has 0 amide bonds. The Bertz CT molecular complexity index is 425. The molecule has 1 aromatic rings. The van der Waals surface area contributed by atoms with Crippen LogP contribution in [-0.2, 0) is 19.1 Å². The van der Waals surface area contributed by atoms with Gasteiger partial charge in [0.1, 0.15) is 12.2 Å². The molecule has 0 N–H and O–H groups in total. The van der Waals surface area contributed by atoms with Gasteiger partial charge in [-0.1, -0.05) is 18.2 Å². The number of hydrogen-bond acceptors (Lipinski definition) is 5. The van der Waals surface area contributed by atoms with Crippen molar-refractivity contribution in [2.24, 2.45) is 0 Å². The van der Waals surface area contributed by atoms with E-state index in [4.69, 9.17) is 4.74 Å². The van der Waals surface area contributed by atoms with E-state index >= 15 is 0 Å². The van der Waals surface area contributed by atoms with Crippen LogP contribution in [-0.4, -0.2) is 30.9 Å². The van der Waals surface area contributed by atoms with E-state index < -0.39 is 5.97 Å². The van der Waals surface area contributed by atoms with Gasteiger partial charge in [0, 0.05) is 0 Å². The number of carbonyl (C=O) groups is 3. The van der Waals surface area contributed by atoms with Crippen molar-refractivity contribution < 1.29 is 23.9 Å². The molecule has 0 aliphatic carbocycles. The molecule has 0 unspecified atom stereocenters. The van der Waals surface area contributed by atoms with Crippen LogP contribution in [0.5, 0.6) is 0 Å². The van der Waals surface area contributed by atoms with E-state index in [9.17, 15) is 14.4 Å². The predicted molar refractivity (Wildman–Crippen MR) is 74.3 cm³/mol. The summed E-state index contributed by atoms with van der Waals surface area (Å²) in [4.78, 5) is 31.7. The van der Waals surface area contributed by atoms with Gasteiger partial charge >= 0.3 is 11.9 Å². The molecule has 1 aromatic carbocycles. The lowest BCUT2D eigenvalue weighted by molar-refractivity contribution is -0.145. The highest BCUT2D eigenvalue weighted by Crippen LogP contribution is 1.99. The van der Waals surface area contributed by atoms with Crippen molar-refractivity contribution in [2.45, 2.75) is 27.2 Å². The van der Waals surface area contributed by atoms with E-state index in [-0.39, 0.29) is 18.2 Å². The third kappa shape index (κ3) is 8.85. The number of Topliss-reactive ketones (excluding diaryl/α,β-unsaturated/α-hetero) is 1. The Kier molecular flexibility index (Phi) is 9.56. The van der Waals surface area contributed by atoms with Crippen LogP contribution in [0.3, 0.4) is 0 Å². The summed E-state index contributed by atoms with van der Waals surface area (Å²) in [5, 5.41) is 0. The smallest absolute Gasteiger partial charge is 0.338 e. The Labute approximate surface area is 118 Å². The van der Waals surface area contributed by atoms with Crippen LogP contribution in [0, 0.1) is 0 Å². The second kappa shape index (κ2) is 10.7. The van der Waals surface area contributed by atoms with Crippen molar-refractivity contribution in [3.05, 3.63) is 35.9 Å². The first-order chi connectivity index (χ1) is 9.51. The molecule has 0 aliphatic rings. The lowest BCUT2D eigenvalue weighted by atomic mass is 10.2. The number of ether oxygens (including phenoxy) is 2. The molecule has 0 saturated carbocycles. The van der Waals surface area contributed by atoms with E-state index in [1.54, 1.807) is 26.0 Å². The van der Waals surface area contributed by atoms with Crippen molar-refractivity contribution in [1.82, 2.24) is 0 Å². The molecule has 0 saturated heterocycles. The minimum absolute atomic E-state index is 0.103. The molecule has 20 heavy (non-hydrogen) atoms. The standard InChI is InChI=1S/C9H10O2.C6H10O3/c1-2-11-9(10)8-6-4-3-5-7-8;1-3-9-6(8)4-5(2)7/h3-7H,2H2,1H3;3-4H2,1-2H3. The Morgan fingerprint density at radius 1 is 0.950 bits per heavy atom. The largest absolute Gasteiger partial charge is 0.466 e. The summed E-state index contributed by atoms with van der Waals surface area (Å²) in [5.41, 5.74) is 0.606. The fourth-order valence-corrected chi connectivity index (χ4v) is 1.20. The lowest BCUT2D eigenvalue weighted by Crippen LogP contribution is -2.07. The summed E-state index contributed by atoms with van der Waals surface area (Å²) in [7, 11) is 0.